The van der Waals surface area contributed by atoms with E-state index in [9.17, 15) is 0 Å². The van der Waals surface area contributed by atoms with Crippen molar-refractivity contribution in [1.29, 1.82) is 0 Å². The topological polar surface area (TPSA) is 41.1 Å². The number of hydrogen-bond acceptors (Lipinski definition) is 5. The molecule has 2 rings (SSSR count). The molecular weight excluding hydrogens is 244 g/mol. The van der Waals surface area contributed by atoms with Crippen molar-refractivity contribution in [1.82, 2.24) is 15.3 Å². The minimum absolute atomic E-state index is 0.296. The minimum atomic E-state index is 0.296. The monoisotopic (exact) mass is 266 g/mol. The van der Waals surface area contributed by atoms with Gasteiger partial charge in [0.15, 0.2) is 0 Å². The fourth-order valence-electron chi connectivity index (χ4n) is 2.06. The highest BCUT2D eigenvalue weighted by molar-refractivity contribution is 8.00. The molecule has 0 spiro atoms. The predicted molar refractivity (Wildman–Crippen MR) is 78.2 cm³/mol. The standard InChI is InChI=1S/C13H22N4S/c1-4-14-7-11-8-15-12(16-9-11)17-5-6-18-13(2,3)10-17/h8-9,14H,4-7,10H2,1-3H3. The number of hydrogen-bond donors (Lipinski definition) is 1. The van der Waals surface area contributed by atoms with E-state index in [0.717, 1.165) is 43.4 Å². The largest absolute Gasteiger partial charge is 0.339 e. The van der Waals surface area contributed by atoms with E-state index in [-0.39, 0.29) is 0 Å². The smallest absolute Gasteiger partial charge is 0.225 e. The lowest BCUT2D eigenvalue weighted by molar-refractivity contribution is 0.634. The van der Waals surface area contributed by atoms with Crippen LogP contribution in [-0.4, -0.2) is 40.1 Å². The van der Waals surface area contributed by atoms with Crippen LogP contribution >= 0.6 is 11.8 Å². The van der Waals surface area contributed by atoms with Crippen molar-refractivity contribution in [2.24, 2.45) is 0 Å². The molecule has 18 heavy (non-hydrogen) atoms. The summed E-state index contributed by atoms with van der Waals surface area (Å²) in [5.41, 5.74) is 1.14. The summed E-state index contributed by atoms with van der Waals surface area (Å²) in [4.78, 5) is 11.3. The van der Waals surface area contributed by atoms with Crippen LogP contribution in [0.25, 0.3) is 0 Å². The summed E-state index contributed by atoms with van der Waals surface area (Å²) in [6.45, 7) is 10.5. The molecule has 0 amide bonds. The highest BCUT2D eigenvalue weighted by atomic mass is 32.2. The molecule has 0 unspecified atom stereocenters. The van der Waals surface area contributed by atoms with Crippen molar-refractivity contribution in [3.05, 3.63) is 18.0 Å². The van der Waals surface area contributed by atoms with Crippen molar-refractivity contribution in [2.45, 2.75) is 32.1 Å². The van der Waals surface area contributed by atoms with Gasteiger partial charge in [0.1, 0.15) is 0 Å². The van der Waals surface area contributed by atoms with Crippen LogP contribution in [0.2, 0.25) is 0 Å². The first-order valence-corrected chi connectivity index (χ1v) is 7.50. The first-order valence-electron chi connectivity index (χ1n) is 6.51. The van der Waals surface area contributed by atoms with E-state index in [2.05, 4.69) is 41.0 Å². The first-order chi connectivity index (χ1) is 8.61. The van der Waals surface area contributed by atoms with Gasteiger partial charge in [-0.3, -0.25) is 0 Å². The molecule has 1 fully saturated rings. The molecule has 0 aromatic carbocycles. The molecule has 5 heteroatoms. The molecule has 2 heterocycles. The van der Waals surface area contributed by atoms with Gasteiger partial charge in [-0.25, -0.2) is 9.97 Å². The number of nitrogens with one attached hydrogen (secondary N) is 1. The fourth-order valence-corrected chi connectivity index (χ4v) is 3.17. The number of rotatable bonds is 4. The summed E-state index contributed by atoms with van der Waals surface area (Å²) < 4.78 is 0.296. The Balaban J connectivity index is 2.00. The van der Waals surface area contributed by atoms with Crippen molar-refractivity contribution in [3.63, 3.8) is 0 Å². The Bertz CT molecular complexity index is 377. The third-order valence-electron chi connectivity index (χ3n) is 2.98. The van der Waals surface area contributed by atoms with Crippen molar-refractivity contribution in [3.8, 4) is 0 Å². The Morgan fingerprint density at radius 1 is 1.39 bits per heavy atom. The molecule has 1 aromatic heterocycles. The Hall–Kier alpha value is -0.810. The van der Waals surface area contributed by atoms with Crippen LogP contribution in [0.5, 0.6) is 0 Å². The molecule has 1 aromatic rings. The van der Waals surface area contributed by atoms with Crippen molar-refractivity contribution >= 4 is 17.7 Å². The zero-order chi connectivity index (χ0) is 13.0. The van der Waals surface area contributed by atoms with E-state index in [1.54, 1.807) is 0 Å². The van der Waals surface area contributed by atoms with Gasteiger partial charge in [-0.2, -0.15) is 11.8 Å². The molecule has 0 atom stereocenters. The maximum atomic E-state index is 4.49. The Labute approximate surface area is 114 Å². The normalized spacial score (nSPS) is 18.9. The lowest BCUT2D eigenvalue weighted by Crippen LogP contribution is -2.43. The van der Waals surface area contributed by atoms with E-state index in [1.165, 1.54) is 0 Å². The third-order valence-corrected chi connectivity index (χ3v) is 4.28. The average Bonchev–Trinajstić information content (AvgIpc) is 2.36. The highest BCUT2D eigenvalue weighted by Crippen LogP contribution is 2.30. The van der Waals surface area contributed by atoms with E-state index in [4.69, 9.17) is 0 Å². The van der Waals surface area contributed by atoms with Crippen LogP contribution in [0.15, 0.2) is 12.4 Å². The zero-order valence-electron chi connectivity index (χ0n) is 11.4. The second kappa shape index (κ2) is 5.89. The molecule has 1 aliphatic rings. The van der Waals surface area contributed by atoms with Gasteiger partial charge in [0, 0.05) is 48.1 Å². The molecular formula is C13H22N4S. The summed E-state index contributed by atoms with van der Waals surface area (Å²) in [5, 5.41) is 3.28. The van der Waals surface area contributed by atoms with Gasteiger partial charge in [0.05, 0.1) is 0 Å². The maximum Gasteiger partial charge on any atom is 0.225 e. The van der Waals surface area contributed by atoms with Crippen LogP contribution in [-0.2, 0) is 6.54 Å². The molecule has 0 aliphatic carbocycles. The van der Waals surface area contributed by atoms with Gasteiger partial charge in [0.2, 0.25) is 5.95 Å². The Morgan fingerprint density at radius 3 is 2.72 bits per heavy atom. The van der Waals surface area contributed by atoms with Gasteiger partial charge >= 0.3 is 0 Å². The predicted octanol–water partition coefficient (Wildman–Crippen LogP) is 1.92. The zero-order valence-corrected chi connectivity index (χ0v) is 12.3. The summed E-state index contributed by atoms with van der Waals surface area (Å²) in [5.74, 6) is 2.01. The Kier molecular flexibility index (Phi) is 4.45. The van der Waals surface area contributed by atoms with Crippen molar-refractivity contribution in [2.75, 3.05) is 30.3 Å². The average molecular weight is 266 g/mol. The fraction of sp³-hybridized carbons (Fsp3) is 0.692. The van der Waals surface area contributed by atoms with Crippen molar-refractivity contribution < 1.29 is 0 Å². The molecule has 1 N–H and O–H groups in total. The summed E-state index contributed by atoms with van der Waals surface area (Å²) in [6.07, 6.45) is 3.86. The van der Waals surface area contributed by atoms with Crippen LogP contribution < -0.4 is 10.2 Å². The van der Waals surface area contributed by atoms with E-state index >= 15 is 0 Å². The lowest BCUT2D eigenvalue weighted by atomic mass is 10.2. The Morgan fingerprint density at radius 2 is 2.11 bits per heavy atom. The minimum Gasteiger partial charge on any atom is -0.339 e. The molecule has 1 saturated heterocycles. The molecule has 100 valence electrons. The molecule has 1 aliphatic heterocycles. The number of anilines is 1. The summed E-state index contributed by atoms with van der Waals surface area (Å²) >= 11 is 2.03. The highest BCUT2D eigenvalue weighted by Gasteiger charge is 2.28. The van der Waals surface area contributed by atoms with Crippen LogP contribution in [0, 0.1) is 0 Å². The second-order valence-electron chi connectivity index (χ2n) is 5.20. The maximum absolute atomic E-state index is 4.49. The van der Waals surface area contributed by atoms with Gasteiger partial charge in [-0.05, 0) is 20.4 Å². The molecule has 0 radical (unpaired) electrons. The number of aromatic nitrogens is 2. The van der Waals surface area contributed by atoms with Crippen LogP contribution in [0.4, 0.5) is 5.95 Å². The summed E-state index contributed by atoms with van der Waals surface area (Å²) in [6, 6.07) is 0. The second-order valence-corrected chi connectivity index (χ2v) is 7.00. The quantitative estimate of drug-likeness (QED) is 0.901. The first kappa shape index (κ1) is 13.6. The van der Waals surface area contributed by atoms with E-state index in [0.29, 0.717) is 4.75 Å². The number of thioether (sulfide) groups is 1. The van der Waals surface area contributed by atoms with Gasteiger partial charge < -0.3 is 10.2 Å². The van der Waals surface area contributed by atoms with Crippen LogP contribution in [0.3, 0.4) is 0 Å². The lowest BCUT2D eigenvalue weighted by Gasteiger charge is -2.37. The molecule has 0 saturated carbocycles. The number of nitrogens with zero attached hydrogens (tertiary/aromatic N) is 3. The van der Waals surface area contributed by atoms with Crippen LogP contribution in [0.1, 0.15) is 26.3 Å². The van der Waals surface area contributed by atoms with E-state index < -0.39 is 0 Å². The third kappa shape index (κ3) is 3.59. The van der Waals surface area contributed by atoms with Gasteiger partial charge in [-0.1, -0.05) is 6.92 Å². The van der Waals surface area contributed by atoms with Gasteiger partial charge in [0.25, 0.3) is 0 Å². The SMILES string of the molecule is CCNCc1cnc(N2CCSC(C)(C)C2)nc1. The molecule has 0 bridgehead atoms. The van der Waals surface area contributed by atoms with Gasteiger partial charge in [-0.15, -0.1) is 0 Å². The summed E-state index contributed by atoms with van der Waals surface area (Å²) in [7, 11) is 0. The molecule has 4 nitrogen and oxygen atoms in total. The van der Waals surface area contributed by atoms with E-state index in [1.807, 2.05) is 24.2 Å².